The van der Waals surface area contributed by atoms with Crippen LogP contribution in [-0.4, -0.2) is 38.7 Å². The minimum absolute atomic E-state index is 0.0112. The number of piperidine rings is 1. The summed E-state index contributed by atoms with van der Waals surface area (Å²) in [6.07, 6.45) is 4.87. The Morgan fingerprint density at radius 1 is 1.32 bits per heavy atom. The van der Waals surface area contributed by atoms with Gasteiger partial charge >= 0.3 is 0 Å². The van der Waals surface area contributed by atoms with Crippen molar-refractivity contribution in [1.82, 2.24) is 19.7 Å². The van der Waals surface area contributed by atoms with Crippen LogP contribution in [0.25, 0.3) is 0 Å². The zero-order valence-corrected chi connectivity index (χ0v) is 15.2. The normalized spacial score (nSPS) is 17.7. The largest absolute Gasteiger partial charge is 0.337 e. The van der Waals surface area contributed by atoms with Gasteiger partial charge in [0, 0.05) is 31.1 Å². The molecule has 2 aromatic heterocycles. The van der Waals surface area contributed by atoms with Crippen LogP contribution in [0.5, 0.6) is 0 Å². The fourth-order valence-corrected chi connectivity index (χ4v) is 4.34. The van der Waals surface area contributed by atoms with Gasteiger partial charge in [-0.25, -0.2) is 9.67 Å². The van der Waals surface area contributed by atoms with Crippen LogP contribution < -0.4 is 5.56 Å². The highest BCUT2D eigenvalue weighted by Crippen LogP contribution is 2.22. The standard InChI is InChI=1S/C18H22N4O2S/c1-12-19-16(11-25-12)18(24)21-7-5-13(6-8-21)10-22-17(23)9-14-3-2-4-15(14)20-22/h9,11,13H,2-8,10H2,1H3. The number of carbonyl (C=O) groups is 1. The lowest BCUT2D eigenvalue weighted by molar-refractivity contribution is 0.0675. The first kappa shape index (κ1) is 16.4. The van der Waals surface area contributed by atoms with Crippen molar-refractivity contribution in [2.75, 3.05) is 13.1 Å². The third-order valence-electron chi connectivity index (χ3n) is 5.19. The van der Waals surface area contributed by atoms with E-state index in [1.165, 1.54) is 11.3 Å². The average Bonchev–Trinajstić information content (AvgIpc) is 3.24. The summed E-state index contributed by atoms with van der Waals surface area (Å²) in [5.41, 5.74) is 2.78. The van der Waals surface area contributed by atoms with Gasteiger partial charge in [0.15, 0.2) is 0 Å². The van der Waals surface area contributed by atoms with E-state index in [1.807, 2.05) is 17.2 Å². The molecule has 0 N–H and O–H groups in total. The molecule has 1 saturated heterocycles. The van der Waals surface area contributed by atoms with Crippen molar-refractivity contribution < 1.29 is 4.79 Å². The lowest BCUT2D eigenvalue weighted by Gasteiger charge is -2.31. The van der Waals surface area contributed by atoms with Crippen LogP contribution in [0, 0.1) is 12.8 Å². The van der Waals surface area contributed by atoms with Crippen LogP contribution in [0.15, 0.2) is 16.2 Å². The number of amides is 1. The first-order valence-electron chi connectivity index (χ1n) is 8.91. The third-order valence-corrected chi connectivity index (χ3v) is 5.97. The number of thiazole rings is 1. The van der Waals surface area contributed by atoms with Gasteiger partial charge in [-0.1, -0.05) is 0 Å². The molecule has 0 spiro atoms. The van der Waals surface area contributed by atoms with Gasteiger partial charge in [-0.15, -0.1) is 11.3 Å². The Balaban J connectivity index is 1.38. The van der Waals surface area contributed by atoms with E-state index in [0.717, 1.165) is 61.5 Å². The molecular formula is C18H22N4O2S. The predicted molar refractivity (Wildman–Crippen MR) is 96.0 cm³/mol. The number of likely N-dealkylation sites (tertiary alicyclic amines) is 1. The number of carbonyl (C=O) groups excluding carboxylic acids is 1. The number of aryl methyl sites for hydroxylation is 3. The van der Waals surface area contributed by atoms with Crippen molar-refractivity contribution in [2.24, 2.45) is 5.92 Å². The Labute approximate surface area is 150 Å². The number of hydrogen-bond donors (Lipinski definition) is 0. The van der Waals surface area contributed by atoms with Gasteiger partial charge in [-0.05, 0) is 50.5 Å². The molecule has 1 aliphatic heterocycles. The van der Waals surface area contributed by atoms with Gasteiger partial charge in [-0.3, -0.25) is 9.59 Å². The molecule has 1 fully saturated rings. The second-order valence-electron chi connectivity index (χ2n) is 6.98. The Morgan fingerprint density at radius 3 is 2.84 bits per heavy atom. The Morgan fingerprint density at radius 2 is 2.12 bits per heavy atom. The van der Waals surface area contributed by atoms with E-state index in [9.17, 15) is 9.59 Å². The molecule has 4 rings (SSSR count). The van der Waals surface area contributed by atoms with Gasteiger partial charge in [0.05, 0.1) is 10.7 Å². The van der Waals surface area contributed by atoms with E-state index < -0.39 is 0 Å². The van der Waals surface area contributed by atoms with Crippen molar-refractivity contribution >= 4 is 17.2 Å². The van der Waals surface area contributed by atoms with Crippen molar-refractivity contribution in [1.29, 1.82) is 0 Å². The summed E-state index contributed by atoms with van der Waals surface area (Å²) in [6.45, 7) is 4.01. The third kappa shape index (κ3) is 3.38. The summed E-state index contributed by atoms with van der Waals surface area (Å²) in [5, 5.41) is 7.31. The Bertz CT molecular complexity index is 849. The Kier molecular flexibility index (Phi) is 4.41. The molecule has 0 aromatic carbocycles. The van der Waals surface area contributed by atoms with Gasteiger partial charge in [-0.2, -0.15) is 5.10 Å². The maximum Gasteiger partial charge on any atom is 0.273 e. The van der Waals surface area contributed by atoms with E-state index in [-0.39, 0.29) is 11.5 Å². The quantitative estimate of drug-likeness (QED) is 0.842. The minimum Gasteiger partial charge on any atom is -0.337 e. The number of rotatable bonds is 3. The first-order valence-corrected chi connectivity index (χ1v) is 9.79. The van der Waals surface area contributed by atoms with E-state index >= 15 is 0 Å². The minimum atomic E-state index is 0.0112. The molecule has 25 heavy (non-hydrogen) atoms. The number of hydrogen-bond acceptors (Lipinski definition) is 5. The molecule has 1 aliphatic carbocycles. The molecule has 3 heterocycles. The average molecular weight is 358 g/mol. The van der Waals surface area contributed by atoms with Crippen LogP contribution in [0.1, 0.15) is 46.0 Å². The summed E-state index contributed by atoms with van der Waals surface area (Å²) >= 11 is 1.51. The SMILES string of the molecule is Cc1nc(C(=O)N2CCC(Cn3nc4c(cc3=O)CCC4)CC2)cs1. The maximum atomic E-state index is 12.5. The lowest BCUT2D eigenvalue weighted by atomic mass is 9.96. The molecule has 0 bridgehead atoms. The topological polar surface area (TPSA) is 68.1 Å². The molecule has 2 aromatic rings. The fourth-order valence-electron chi connectivity index (χ4n) is 3.76. The van der Waals surface area contributed by atoms with Crippen molar-refractivity contribution in [2.45, 2.75) is 45.6 Å². The Hall–Kier alpha value is -2.02. The number of aromatic nitrogens is 3. The molecule has 7 heteroatoms. The van der Waals surface area contributed by atoms with Crippen molar-refractivity contribution in [3.63, 3.8) is 0 Å². The summed E-state index contributed by atoms with van der Waals surface area (Å²) in [6, 6.07) is 1.76. The monoisotopic (exact) mass is 358 g/mol. The summed E-state index contributed by atoms with van der Waals surface area (Å²) in [5.74, 6) is 0.418. The van der Waals surface area contributed by atoms with E-state index in [1.54, 1.807) is 10.7 Å². The molecule has 0 unspecified atom stereocenters. The number of fused-ring (bicyclic) bond motifs is 1. The highest BCUT2D eigenvalue weighted by Gasteiger charge is 2.26. The fraction of sp³-hybridized carbons (Fsp3) is 0.556. The molecule has 2 aliphatic rings. The van der Waals surface area contributed by atoms with E-state index in [4.69, 9.17) is 0 Å². The summed E-state index contributed by atoms with van der Waals surface area (Å²) in [4.78, 5) is 30.9. The summed E-state index contributed by atoms with van der Waals surface area (Å²) in [7, 11) is 0. The highest BCUT2D eigenvalue weighted by atomic mass is 32.1. The molecule has 132 valence electrons. The smallest absolute Gasteiger partial charge is 0.273 e. The zero-order valence-electron chi connectivity index (χ0n) is 14.4. The van der Waals surface area contributed by atoms with Gasteiger partial charge in [0.2, 0.25) is 0 Å². The maximum absolute atomic E-state index is 12.5. The van der Waals surface area contributed by atoms with Gasteiger partial charge in [0.25, 0.3) is 11.5 Å². The van der Waals surface area contributed by atoms with Crippen LogP contribution in [-0.2, 0) is 19.4 Å². The number of nitrogens with zero attached hydrogens (tertiary/aromatic N) is 4. The summed E-state index contributed by atoms with van der Waals surface area (Å²) < 4.78 is 1.64. The van der Waals surface area contributed by atoms with E-state index in [0.29, 0.717) is 18.2 Å². The second-order valence-corrected chi connectivity index (χ2v) is 8.04. The predicted octanol–water partition coefficient (Wildman–Crippen LogP) is 2.05. The van der Waals surface area contributed by atoms with Crippen molar-refractivity contribution in [3.05, 3.63) is 43.8 Å². The van der Waals surface area contributed by atoms with Crippen LogP contribution in [0.4, 0.5) is 0 Å². The highest BCUT2D eigenvalue weighted by molar-refractivity contribution is 7.09. The van der Waals surface area contributed by atoms with Gasteiger partial charge < -0.3 is 4.90 Å². The molecule has 1 amide bonds. The molecule has 6 nitrogen and oxygen atoms in total. The van der Waals surface area contributed by atoms with Crippen molar-refractivity contribution in [3.8, 4) is 0 Å². The van der Waals surface area contributed by atoms with Crippen LogP contribution in [0.2, 0.25) is 0 Å². The molecular weight excluding hydrogens is 336 g/mol. The first-order chi connectivity index (χ1) is 12.1. The lowest BCUT2D eigenvalue weighted by Crippen LogP contribution is -2.40. The second kappa shape index (κ2) is 6.71. The van der Waals surface area contributed by atoms with Crippen LogP contribution in [0.3, 0.4) is 0 Å². The molecule has 0 radical (unpaired) electrons. The van der Waals surface area contributed by atoms with E-state index in [2.05, 4.69) is 10.1 Å². The molecule has 0 atom stereocenters. The van der Waals surface area contributed by atoms with Crippen LogP contribution >= 0.6 is 11.3 Å². The van der Waals surface area contributed by atoms with Gasteiger partial charge in [0.1, 0.15) is 5.69 Å². The zero-order chi connectivity index (χ0) is 17.4. The molecule has 0 saturated carbocycles.